The van der Waals surface area contributed by atoms with Crippen LogP contribution in [-0.4, -0.2) is 63.7 Å². The van der Waals surface area contributed by atoms with Crippen molar-refractivity contribution < 1.29 is 39.0 Å². The van der Waals surface area contributed by atoms with Crippen molar-refractivity contribution in [1.82, 2.24) is 0 Å². The SMILES string of the molecule is CC1(COc2ccc(Cc3cc([C@@H]4O[C@H](CO)[C@@H](O)[C@H](O)[C@H]4O)ccc3Cl)cc2)Cc2cccc(F)c2O1. The molecule has 5 rings (SSSR count). The molecular formula is C29H30ClFO7. The second-order valence-corrected chi connectivity index (χ2v) is 10.6. The molecule has 0 bridgehead atoms. The Balaban J connectivity index is 1.24. The number of ether oxygens (including phenoxy) is 3. The van der Waals surface area contributed by atoms with Crippen LogP contribution in [0.4, 0.5) is 4.39 Å². The lowest BCUT2D eigenvalue weighted by molar-refractivity contribution is -0.231. The van der Waals surface area contributed by atoms with Crippen molar-refractivity contribution in [2.45, 2.75) is 55.9 Å². The summed E-state index contributed by atoms with van der Waals surface area (Å²) < 4.78 is 31.6. The van der Waals surface area contributed by atoms with Gasteiger partial charge in [0.2, 0.25) is 0 Å². The minimum atomic E-state index is -1.46. The van der Waals surface area contributed by atoms with Gasteiger partial charge in [0.1, 0.15) is 48.5 Å². The van der Waals surface area contributed by atoms with E-state index in [4.69, 9.17) is 25.8 Å². The van der Waals surface area contributed by atoms with Gasteiger partial charge in [-0.05, 0) is 54.3 Å². The van der Waals surface area contributed by atoms with Gasteiger partial charge in [-0.15, -0.1) is 0 Å². The van der Waals surface area contributed by atoms with Crippen LogP contribution in [0.2, 0.25) is 5.02 Å². The predicted molar refractivity (Wildman–Crippen MR) is 138 cm³/mol. The first kappa shape index (κ1) is 26.9. The number of halogens is 2. The highest BCUT2D eigenvalue weighted by molar-refractivity contribution is 6.31. The maximum absolute atomic E-state index is 14.0. The Morgan fingerprint density at radius 2 is 1.79 bits per heavy atom. The lowest BCUT2D eigenvalue weighted by atomic mass is 9.90. The third kappa shape index (κ3) is 5.38. The Kier molecular flexibility index (Phi) is 7.64. The Labute approximate surface area is 225 Å². The molecular weight excluding hydrogens is 515 g/mol. The van der Waals surface area contributed by atoms with Gasteiger partial charge in [-0.25, -0.2) is 4.39 Å². The van der Waals surface area contributed by atoms with Crippen molar-refractivity contribution in [2.75, 3.05) is 13.2 Å². The number of aliphatic hydroxyl groups is 4. The molecule has 2 heterocycles. The van der Waals surface area contributed by atoms with Crippen molar-refractivity contribution in [2.24, 2.45) is 0 Å². The van der Waals surface area contributed by atoms with Crippen LogP contribution in [0.15, 0.2) is 60.7 Å². The number of rotatable bonds is 7. The van der Waals surface area contributed by atoms with Gasteiger partial charge in [0.15, 0.2) is 11.6 Å². The Hall–Kier alpha value is -2.72. The number of para-hydroxylation sites is 1. The van der Waals surface area contributed by atoms with Crippen molar-refractivity contribution in [3.8, 4) is 11.5 Å². The molecule has 6 atom stereocenters. The van der Waals surface area contributed by atoms with Crippen LogP contribution in [0.25, 0.3) is 0 Å². The summed E-state index contributed by atoms with van der Waals surface area (Å²) in [4.78, 5) is 0. The fourth-order valence-corrected chi connectivity index (χ4v) is 5.20. The molecule has 1 unspecified atom stereocenters. The second-order valence-electron chi connectivity index (χ2n) is 10.2. The van der Waals surface area contributed by atoms with Gasteiger partial charge < -0.3 is 34.6 Å². The highest BCUT2D eigenvalue weighted by Gasteiger charge is 2.44. The van der Waals surface area contributed by atoms with Crippen LogP contribution in [0, 0.1) is 5.82 Å². The quantitative estimate of drug-likeness (QED) is 0.361. The first-order chi connectivity index (χ1) is 18.2. The molecule has 4 N–H and O–H groups in total. The summed E-state index contributed by atoms with van der Waals surface area (Å²) in [6.45, 7) is 1.66. The largest absolute Gasteiger partial charge is 0.489 e. The van der Waals surface area contributed by atoms with Crippen molar-refractivity contribution in [1.29, 1.82) is 0 Å². The van der Waals surface area contributed by atoms with Gasteiger partial charge in [0.05, 0.1) is 6.61 Å². The minimum Gasteiger partial charge on any atom is -0.489 e. The van der Waals surface area contributed by atoms with E-state index < -0.39 is 42.7 Å². The van der Waals surface area contributed by atoms with E-state index in [0.29, 0.717) is 29.2 Å². The van der Waals surface area contributed by atoms with E-state index in [9.17, 15) is 24.8 Å². The maximum Gasteiger partial charge on any atom is 0.165 e. The summed E-state index contributed by atoms with van der Waals surface area (Å²) >= 11 is 6.45. The van der Waals surface area contributed by atoms with E-state index in [0.717, 1.165) is 16.7 Å². The standard InChI is InChI=1S/C29H30ClFO7/c1-29(13-18-3-2-4-22(31)27(18)38-29)15-36-20-8-5-16(6-9-20)11-19-12-17(7-10-21(19)30)28-26(35)25(34)24(33)23(14-32)37-28/h2-10,12,23-26,28,32-35H,11,13-15H2,1H3/t23-,24-,25+,26-,28+,29?/m1/s1. The molecule has 202 valence electrons. The maximum atomic E-state index is 14.0. The Morgan fingerprint density at radius 3 is 2.50 bits per heavy atom. The first-order valence-electron chi connectivity index (χ1n) is 12.4. The summed E-state index contributed by atoms with van der Waals surface area (Å²) in [5, 5.41) is 40.7. The average Bonchev–Trinajstić information content (AvgIpc) is 3.26. The van der Waals surface area contributed by atoms with Gasteiger partial charge in [-0.2, -0.15) is 0 Å². The molecule has 0 aliphatic carbocycles. The normalized spacial score (nSPS) is 28.6. The Bertz CT molecular complexity index is 1280. The fourth-order valence-electron chi connectivity index (χ4n) is 5.02. The zero-order valence-electron chi connectivity index (χ0n) is 20.8. The molecule has 0 saturated carbocycles. The minimum absolute atomic E-state index is 0.257. The first-order valence-corrected chi connectivity index (χ1v) is 12.8. The molecule has 0 amide bonds. The highest BCUT2D eigenvalue weighted by Crippen LogP contribution is 2.38. The van der Waals surface area contributed by atoms with Gasteiger partial charge in [-0.3, -0.25) is 0 Å². The van der Waals surface area contributed by atoms with Gasteiger partial charge in [0, 0.05) is 17.0 Å². The number of hydrogen-bond donors (Lipinski definition) is 4. The van der Waals surface area contributed by atoms with Crippen LogP contribution in [0.3, 0.4) is 0 Å². The summed E-state index contributed by atoms with van der Waals surface area (Å²) in [6, 6.07) is 17.6. The summed E-state index contributed by atoms with van der Waals surface area (Å²) in [5.41, 5.74) is 2.48. The smallest absolute Gasteiger partial charge is 0.165 e. The number of benzene rings is 3. The molecule has 0 aromatic heterocycles. The molecule has 0 radical (unpaired) electrons. The molecule has 2 aliphatic heterocycles. The molecule has 3 aromatic carbocycles. The third-order valence-corrected chi connectivity index (χ3v) is 7.48. The lowest BCUT2D eigenvalue weighted by Gasteiger charge is -2.40. The van der Waals surface area contributed by atoms with Crippen molar-refractivity contribution >= 4 is 11.6 Å². The molecule has 38 heavy (non-hydrogen) atoms. The van der Waals surface area contributed by atoms with Crippen molar-refractivity contribution in [3.05, 3.63) is 93.8 Å². The molecule has 1 saturated heterocycles. The Morgan fingerprint density at radius 1 is 1.03 bits per heavy atom. The van der Waals surface area contributed by atoms with Crippen LogP contribution in [0.5, 0.6) is 11.5 Å². The second kappa shape index (κ2) is 10.8. The summed E-state index contributed by atoms with van der Waals surface area (Å²) in [7, 11) is 0. The van der Waals surface area contributed by atoms with E-state index in [-0.39, 0.29) is 18.2 Å². The van der Waals surface area contributed by atoms with Gasteiger partial charge in [0.25, 0.3) is 0 Å². The van der Waals surface area contributed by atoms with E-state index in [2.05, 4.69) is 0 Å². The highest BCUT2D eigenvalue weighted by atomic mass is 35.5. The van der Waals surface area contributed by atoms with E-state index in [1.807, 2.05) is 37.3 Å². The third-order valence-electron chi connectivity index (χ3n) is 7.11. The molecule has 7 nitrogen and oxygen atoms in total. The van der Waals surface area contributed by atoms with Crippen LogP contribution >= 0.6 is 11.6 Å². The van der Waals surface area contributed by atoms with Crippen LogP contribution in [0.1, 0.15) is 35.3 Å². The van der Waals surface area contributed by atoms with Gasteiger partial charge >= 0.3 is 0 Å². The van der Waals surface area contributed by atoms with E-state index in [1.165, 1.54) is 6.07 Å². The monoisotopic (exact) mass is 544 g/mol. The molecule has 3 aromatic rings. The van der Waals surface area contributed by atoms with E-state index in [1.54, 1.807) is 24.3 Å². The number of hydrogen-bond acceptors (Lipinski definition) is 7. The fraction of sp³-hybridized carbons (Fsp3) is 0.379. The van der Waals surface area contributed by atoms with E-state index >= 15 is 0 Å². The zero-order chi connectivity index (χ0) is 27.0. The molecule has 0 spiro atoms. The molecule has 9 heteroatoms. The lowest BCUT2D eigenvalue weighted by Crippen LogP contribution is -2.55. The van der Waals surface area contributed by atoms with Crippen LogP contribution < -0.4 is 9.47 Å². The topological polar surface area (TPSA) is 109 Å². The van der Waals surface area contributed by atoms with Gasteiger partial charge in [-0.1, -0.05) is 48.0 Å². The number of fused-ring (bicyclic) bond motifs is 1. The summed E-state index contributed by atoms with van der Waals surface area (Å²) in [5.74, 6) is 0.567. The van der Waals surface area contributed by atoms with Crippen molar-refractivity contribution in [3.63, 3.8) is 0 Å². The molecule has 2 aliphatic rings. The average molecular weight is 545 g/mol. The predicted octanol–water partition coefficient (Wildman–Crippen LogP) is 3.36. The molecule has 1 fully saturated rings. The zero-order valence-corrected chi connectivity index (χ0v) is 21.5. The number of aliphatic hydroxyl groups excluding tert-OH is 4. The summed E-state index contributed by atoms with van der Waals surface area (Å²) in [6.07, 6.45) is -5.12. The van der Waals surface area contributed by atoms with Crippen LogP contribution in [-0.2, 0) is 17.6 Å².